The van der Waals surface area contributed by atoms with E-state index in [9.17, 15) is 9.59 Å². The Morgan fingerprint density at radius 2 is 1.94 bits per heavy atom. The maximum atomic E-state index is 13.3. The number of benzene rings is 1. The number of carbonyl (C=O) groups is 2. The molecule has 1 aliphatic heterocycles. The SMILES string of the molecule is CCOCCOc1cc(C(=O)N[C@@H]2CCCN(C(C)C)C2)nc2c(OCC(=O)CC(C)C)cccc12. The highest BCUT2D eigenvalue weighted by Gasteiger charge is 2.24. The third-order valence-corrected chi connectivity index (χ3v) is 6.23. The lowest BCUT2D eigenvalue weighted by atomic mass is 10.0. The van der Waals surface area contributed by atoms with Gasteiger partial charge >= 0.3 is 0 Å². The van der Waals surface area contributed by atoms with Crippen molar-refractivity contribution in [2.45, 2.75) is 66.0 Å². The molecule has 3 rings (SSSR count). The van der Waals surface area contributed by atoms with E-state index in [4.69, 9.17) is 14.2 Å². The van der Waals surface area contributed by atoms with Crippen LogP contribution in [0.5, 0.6) is 11.5 Å². The molecule has 36 heavy (non-hydrogen) atoms. The number of ketones is 1. The van der Waals surface area contributed by atoms with Gasteiger partial charge in [0, 0.05) is 43.1 Å². The van der Waals surface area contributed by atoms with Crippen LogP contribution in [-0.4, -0.2) is 73.2 Å². The highest BCUT2D eigenvalue weighted by Crippen LogP contribution is 2.32. The summed E-state index contributed by atoms with van der Waals surface area (Å²) in [5.74, 6) is 1.04. The van der Waals surface area contributed by atoms with Crippen LogP contribution in [0.4, 0.5) is 0 Å². The summed E-state index contributed by atoms with van der Waals surface area (Å²) in [6, 6.07) is 7.67. The van der Waals surface area contributed by atoms with Crippen LogP contribution in [0.2, 0.25) is 0 Å². The molecule has 0 aliphatic carbocycles. The zero-order valence-electron chi connectivity index (χ0n) is 22.3. The summed E-state index contributed by atoms with van der Waals surface area (Å²) in [5.41, 5.74) is 0.765. The number of para-hydroxylation sites is 1. The van der Waals surface area contributed by atoms with Gasteiger partial charge in [-0.25, -0.2) is 4.98 Å². The van der Waals surface area contributed by atoms with Crippen molar-refractivity contribution in [3.8, 4) is 11.5 Å². The predicted molar refractivity (Wildman–Crippen MR) is 141 cm³/mol. The van der Waals surface area contributed by atoms with Gasteiger partial charge in [-0.1, -0.05) is 19.9 Å². The number of piperidine rings is 1. The number of nitrogens with zero attached hydrogens (tertiary/aromatic N) is 2. The average Bonchev–Trinajstić information content (AvgIpc) is 2.84. The first-order valence-electron chi connectivity index (χ1n) is 13.1. The van der Waals surface area contributed by atoms with Gasteiger partial charge in [-0.15, -0.1) is 0 Å². The molecule has 1 aliphatic rings. The molecule has 0 radical (unpaired) electrons. The minimum absolute atomic E-state index is 0.0242. The van der Waals surface area contributed by atoms with Gasteiger partial charge in [0.1, 0.15) is 35.9 Å². The fraction of sp³-hybridized carbons (Fsp3) is 0.607. The lowest BCUT2D eigenvalue weighted by Crippen LogP contribution is -2.49. The summed E-state index contributed by atoms with van der Waals surface area (Å²) in [7, 11) is 0. The largest absolute Gasteiger partial charge is 0.490 e. The summed E-state index contributed by atoms with van der Waals surface area (Å²) in [5, 5.41) is 3.88. The number of ether oxygens (including phenoxy) is 3. The van der Waals surface area contributed by atoms with Crippen molar-refractivity contribution in [2.75, 3.05) is 39.5 Å². The van der Waals surface area contributed by atoms with Gasteiger partial charge < -0.3 is 19.5 Å². The molecule has 0 unspecified atom stereocenters. The molecule has 2 heterocycles. The molecular formula is C28H41N3O5. The summed E-state index contributed by atoms with van der Waals surface area (Å²) in [4.78, 5) is 32.6. The van der Waals surface area contributed by atoms with Crippen LogP contribution in [0, 0.1) is 5.92 Å². The fourth-order valence-electron chi connectivity index (χ4n) is 4.42. The second-order valence-corrected chi connectivity index (χ2v) is 10.0. The molecule has 1 fully saturated rings. The van der Waals surface area contributed by atoms with Crippen LogP contribution in [0.3, 0.4) is 0 Å². The van der Waals surface area contributed by atoms with Gasteiger partial charge in [-0.05, 0) is 58.2 Å². The van der Waals surface area contributed by atoms with E-state index < -0.39 is 0 Å². The Labute approximate surface area is 214 Å². The van der Waals surface area contributed by atoms with E-state index >= 15 is 0 Å². The Bertz CT molecular complexity index is 1020. The minimum Gasteiger partial charge on any atom is -0.490 e. The summed E-state index contributed by atoms with van der Waals surface area (Å²) >= 11 is 0. The zero-order chi connectivity index (χ0) is 26.1. The van der Waals surface area contributed by atoms with Gasteiger partial charge in [0.2, 0.25) is 0 Å². The molecule has 1 aromatic heterocycles. The van der Waals surface area contributed by atoms with Crippen LogP contribution >= 0.6 is 0 Å². The highest BCUT2D eigenvalue weighted by molar-refractivity contribution is 5.98. The first kappa shape index (κ1) is 27.9. The van der Waals surface area contributed by atoms with E-state index in [1.807, 2.05) is 32.9 Å². The second-order valence-electron chi connectivity index (χ2n) is 10.0. The van der Waals surface area contributed by atoms with Crippen LogP contribution in [0.25, 0.3) is 10.9 Å². The molecule has 1 amide bonds. The molecule has 0 bridgehead atoms. The third kappa shape index (κ3) is 7.90. The Morgan fingerprint density at radius 1 is 1.14 bits per heavy atom. The fourth-order valence-corrected chi connectivity index (χ4v) is 4.42. The number of pyridine rings is 1. The highest BCUT2D eigenvalue weighted by atomic mass is 16.5. The number of rotatable bonds is 13. The molecule has 2 aromatic rings. The quantitative estimate of drug-likeness (QED) is 0.412. The summed E-state index contributed by atoms with van der Waals surface area (Å²) in [6.45, 7) is 13.5. The van der Waals surface area contributed by atoms with Crippen LogP contribution in [0.1, 0.15) is 64.4 Å². The van der Waals surface area contributed by atoms with Crippen molar-refractivity contribution < 1.29 is 23.8 Å². The number of nitrogens with one attached hydrogen (secondary N) is 1. The summed E-state index contributed by atoms with van der Waals surface area (Å²) < 4.78 is 17.3. The topological polar surface area (TPSA) is 90.0 Å². The molecule has 8 nitrogen and oxygen atoms in total. The van der Waals surface area contributed by atoms with Crippen molar-refractivity contribution in [1.29, 1.82) is 0 Å². The Morgan fingerprint density at radius 3 is 2.67 bits per heavy atom. The van der Waals surface area contributed by atoms with Crippen LogP contribution in [0.15, 0.2) is 24.3 Å². The lowest BCUT2D eigenvalue weighted by molar-refractivity contribution is -0.121. The van der Waals surface area contributed by atoms with Crippen molar-refractivity contribution in [3.63, 3.8) is 0 Å². The lowest BCUT2D eigenvalue weighted by Gasteiger charge is -2.35. The Kier molecular flexibility index (Phi) is 10.5. The van der Waals surface area contributed by atoms with E-state index in [0.717, 1.165) is 31.3 Å². The molecule has 0 spiro atoms. The van der Waals surface area contributed by atoms with E-state index in [2.05, 4.69) is 29.0 Å². The molecular weight excluding hydrogens is 458 g/mol. The number of carbonyl (C=O) groups excluding carboxylic acids is 2. The third-order valence-electron chi connectivity index (χ3n) is 6.23. The van der Waals surface area contributed by atoms with E-state index in [-0.39, 0.29) is 36.0 Å². The van der Waals surface area contributed by atoms with Crippen LogP contribution < -0.4 is 14.8 Å². The standard InChI is InChI=1S/C28H41N3O5/c1-6-34-13-14-35-26-16-24(28(33)29-21-9-8-12-31(17-21)20(4)5)30-27-23(26)10-7-11-25(27)36-18-22(32)15-19(2)3/h7,10-11,16,19-21H,6,8-9,12-15,17-18H2,1-5H3,(H,29,33)/t21-/m1/s1. The van der Waals surface area contributed by atoms with E-state index in [1.54, 1.807) is 12.1 Å². The normalized spacial score (nSPS) is 16.5. The first-order chi connectivity index (χ1) is 17.3. The number of aromatic nitrogens is 1. The first-order valence-corrected chi connectivity index (χ1v) is 13.1. The smallest absolute Gasteiger partial charge is 0.270 e. The number of hydrogen-bond donors (Lipinski definition) is 1. The number of hydrogen-bond acceptors (Lipinski definition) is 7. The molecule has 8 heteroatoms. The molecule has 0 saturated carbocycles. The van der Waals surface area contributed by atoms with Gasteiger partial charge in [-0.3, -0.25) is 14.5 Å². The number of Topliss-reactive ketones (excluding diaryl/α,β-unsaturated/α-hetero) is 1. The summed E-state index contributed by atoms with van der Waals surface area (Å²) in [6.07, 6.45) is 2.43. The van der Waals surface area contributed by atoms with Crippen molar-refractivity contribution in [1.82, 2.24) is 15.2 Å². The van der Waals surface area contributed by atoms with E-state index in [1.165, 1.54) is 0 Å². The molecule has 1 atom stereocenters. The van der Waals surface area contributed by atoms with Gasteiger partial charge in [0.25, 0.3) is 5.91 Å². The van der Waals surface area contributed by atoms with Crippen molar-refractivity contribution >= 4 is 22.6 Å². The number of amides is 1. The van der Waals surface area contributed by atoms with Gasteiger partial charge in [-0.2, -0.15) is 0 Å². The van der Waals surface area contributed by atoms with Gasteiger partial charge in [0.05, 0.1) is 6.61 Å². The molecule has 1 saturated heterocycles. The van der Waals surface area contributed by atoms with Gasteiger partial charge in [0.15, 0.2) is 5.78 Å². The number of fused-ring (bicyclic) bond motifs is 1. The van der Waals surface area contributed by atoms with Crippen LogP contribution in [-0.2, 0) is 9.53 Å². The molecule has 198 valence electrons. The molecule has 1 aromatic carbocycles. The second kappa shape index (κ2) is 13.6. The average molecular weight is 500 g/mol. The van der Waals surface area contributed by atoms with Crippen molar-refractivity contribution in [3.05, 3.63) is 30.0 Å². The predicted octanol–water partition coefficient (Wildman–Crippen LogP) is 4.25. The molecule has 1 N–H and O–H groups in total. The number of likely N-dealkylation sites (tertiary alicyclic amines) is 1. The monoisotopic (exact) mass is 499 g/mol. The van der Waals surface area contributed by atoms with E-state index in [0.29, 0.717) is 49.3 Å². The van der Waals surface area contributed by atoms with Crippen molar-refractivity contribution in [2.24, 2.45) is 5.92 Å². The zero-order valence-corrected chi connectivity index (χ0v) is 22.3. The maximum Gasteiger partial charge on any atom is 0.270 e. The minimum atomic E-state index is -0.243. The Balaban J connectivity index is 1.86. The maximum absolute atomic E-state index is 13.3. The Hall–Kier alpha value is -2.71.